The lowest BCUT2D eigenvalue weighted by Crippen LogP contribution is -2.49. The van der Waals surface area contributed by atoms with E-state index in [-0.39, 0.29) is 5.57 Å². The number of piperidine rings is 1. The van der Waals surface area contributed by atoms with Crippen LogP contribution in [0.5, 0.6) is 0 Å². The van der Waals surface area contributed by atoms with Gasteiger partial charge in [0.05, 0.1) is 19.8 Å². The molecule has 1 spiro atoms. The number of hydrogen-bond donors (Lipinski definition) is 1. The Balaban J connectivity index is 1.91. The van der Waals surface area contributed by atoms with Gasteiger partial charge >= 0.3 is 5.97 Å². The Labute approximate surface area is 94.6 Å². The molecule has 0 radical (unpaired) electrons. The maximum Gasteiger partial charge on any atom is 0.332 e. The molecule has 0 saturated carbocycles. The van der Waals surface area contributed by atoms with Crippen LogP contribution in [0.25, 0.3) is 0 Å². The molecule has 2 fully saturated rings. The molecule has 2 rings (SSSR count). The van der Waals surface area contributed by atoms with Crippen molar-refractivity contribution >= 4 is 5.97 Å². The van der Waals surface area contributed by atoms with Crippen LogP contribution in [0.2, 0.25) is 0 Å². The van der Waals surface area contributed by atoms with Crippen LogP contribution in [-0.2, 0) is 14.3 Å². The van der Waals surface area contributed by atoms with Crippen molar-refractivity contribution in [1.82, 2.24) is 4.90 Å². The molecule has 0 amide bonds. The highest BCUT2D eigenvalue weighted by Gasteiger charge is 2.40. The van der Waals surface area contributed by atoms with Gasteiger partial charge < -0.3 is 14.6 Å². The van der Waals surface area contributed by atoms with E-state index in [0.29, 0.717) is 26.3 Å². The third-order valence-corrected chi connectivity index (χ3v) is 3.03. The Morgan fingerprint density at radius 3 is 2.75 bits per heavy atom. The zero-order valence-corrected chi connectivity index (χ0v) is 9.28. The summed E-state index contributed by atoms with van der Waals surface area (Å²) in [6, 6.07) is 0. The quantitative estimate of drug-likeness (QED) is 0.710. The zero-order valence-electron chi connectivity index (χ0n) is 9.28. The first-order valence-electron chi connectivity index (χ1n) is 5.53. The minimum Gasteiger partial charge on any atom is -0.478 e. The first-order valence-corrected chi connectivity index (χ1v) is 5.53. The summed E-state index contributed by atoms with van der Waals surface area (Å²) in [5, 5.41) is 8.78. The second kappa shape index (κ2) is 4.53. The first-order chi connectivity index (χ1) is 7.61. The Morgan fingerprint density at radius 1 is 1.44 bits per heavy atom. The van der Waals surface area contributed by atoms with Gasteiger partial charge in [0.2, 0.25) is 0 Å². The summed E-state index contributed by atoms with van der Waals surface area (Å²) >= 11 is 0. The van der Waals surface area contributed by atoms with Crippen LogP contribution in [0, 0.1) is 0 Å². The number of aliphatic carboxylic acids is 1. The maximum absolute atomic E-state index is 10.7. The molecule has 0 aliphatic carbocycles. The molecule has 0 aromatic rings. The van der Waals surface area contributed by atoms with Crippen molar-refractivity contribution in [3.05, 3.63) is 12.2 Å². The highest BCUT2D eigenvalue weighted by molar-refractivity contribution is 5.86. The Morgan fingerprint density at radius 2 is 2.12 bits per heavy atom. The van der Waals surface area contributed by atoms with Gasteiger partial charge in [0.25, 0.3) is 0 Å². The molecule has 2 aliphatic heterocycles. The molecule has 2 heterocycles. The van der Waals surface area contributed by atoms with Crippen LogP contribution in [0.1, 0.15) is 12.8 Å². The SMILES string of the molecule is C=C(CN1CCCC2(C1)OCCO2)C(=O)O. The van der Waals surface area contributed by atoms with E-state index in [1.54, 1.807) is 0 Å². The third-order valence-electron chi connectivity index (χ3n) is 3.03. The van der Waals surface area contributed by atoms with Gasteiger partial charge in [0.1, 0.15) is 0 Å². The van der Waals surface area contributed by atoms with E-state index in [4.69, 9.17) is 14.6 Å². The molecule has 5 nitrogen and oxygen atoms in total. The summed E-state index contributed by atoms with van der Waals surface area (Å²) < 4.78 is 11.2. The van der Waals surface area contributed by atoms with Crippen LogP contribution in [0.4, 0.5) is 0 Å². The summed E-state index contributed by atoms with van der Waals surface area (Å²) in [5.41, 5.74) is 0.218. The number of hydrogen-bond acceptors (Lipinski definition) is 4. The molecule has 90 valence electrons. The highest BCUT2D eigenvalue weighted by atomic mass is 16.7. The van der Waals surface area contributed by atoms with E-state index < -0.39 is 11.8 Å². The molecule has 1 N–H and O–H groups in total. The molecule has 0 bridgehead atoms. The van der Waals surface area contributed by atoms with Crippen LogP contribution >= 0.6 is 0 Å². The second-order valence-corrected chi connectivity index (χ2v) is 4.33. The molecule has 2 saturated heterocycles. The fourth-order valence-electron chi connectivity index (χ4n) is 2.28. The molecule has 2 aliphatic rings. The van der Waals surface area contributed by atoms with Crippen LogP contribution in [0.3, 0.4) is 0 Å². The largest absolute Gasteiger partial charge is 0.478 e. The van der Waals surface area contributed by atoms with Gasteiger partial charge in [-0.1, -0.05) is 6.58 Å². The number of carbonyl (C=O) groups is 1. The average molecular weight is 227 g/mol. The smallest absolute Gasteiger partial charge is 0.332 e. The fraction of sp³-hybridized carbons (Fsp3) is 0.727. The van der Waals surface area contributed by atoms with Gasteiger partial charge in [-0.15, -0.1) is 0 Å². The average Bonchev–Trinajstić information content (AvgIpc) is 2.66. The zero-order chi connectivity index (χ0) is 11.6. The Kier molecular flexibility index (Phi) is 3.28. The van der Waals surface area contributed by atoms with Crippen molar-refractivity contribution in [1.29, 1.82) is 0 Å². The van der Waals surface area contributed by atoms with Crippen molar-refractivity contribution in [2.75, 3.05) is 32.8 Å². The van der Waals surface area contributed by atoms with Gasteiger partial charge in [-0.05, 0) is 13.0 Å². The van der Waals surface area contributed by atoms with E-state index >= 15 is 0 Å². The minimum atomic E-state index is -0.937. The third kappa shape index (κ3) is 2.42. The summed E-state index contributed by atoms with van der Waals surface area (Å²) in [6.07, 6.45) is 1.86. The number of ether oxygens (including phenoxy) is 2. The Bertz CT molecular complexity index is 296. The first kappa shape index (κ1) is 11.6. The van der Waals surface area contributed by atoms with Gasteiger partial charge in [-0.3, -0.25) is 4.90 Å². The summed E-state index contributed by atoms with van der Waals surface area (Å²) in [6.45, 7) is 6.70. The van der Waals surface area contributed by atoms with E-state index in [9.17, 15) is 4.79 Å². The monoisotopic (exact) mass is 227 g/mol. The molecule has 16 heavy (non-hydrogen) atoms. The predicted octanol–water partition coefficient (Wildman–Crippen LogP) is 0.466. The van der Waals surface area contributed by atoms with Crippen molar-refractivity contribution in [2.45, 2.75) is 18.6 Å². The predicted molar refractivity (Wildman–Crippen MR) is 57.1 cm³/mol. The lowest BCUT2D eigenvalue weighted by Gasteiger charge is -2.38. The van der Waals surface area contributed by atoms with E-state index in [1.807, 2.05) is 4.90 Å². The lowest BCUT2D eigenvalue weighted by molar-refractivity contribution is -0.188. The van der Waals surface area contributed by atoms with Crippen LogP contribution in [0.15, 0.2) is 12.2 Å². The van der Waals surface area contributed by atoms with E-state index in [0.717, 1.165) is 19.4 Å². The normalized spacial score (nSPS) is 24.8. The van der Waals surface area contributed by atoms with E-state index in [2.05, 4.69) is 6.58 Å². The maximum atomic E-state index is 10.7. The number of carboxylic acids is 1. The van der Waals surface area contributed by atoms with Gasteiger partial charge in [0, 0.05) is 18.5 Å². The van der Waals surface area contributed by atoms with Gasteiger partial charge in [-0.25, -0.2) is 4.79 Å². The van der Waals surface area contributed by atoms with Crippen molar-refractivity contribution in [3.8, 4) is 0 Å². The number of nitrogens with zero attached hydrogens (tertiary/aromatic N) is 1. The number of carboxylic acid groups (broad SMARTS) is 1. The van der Waals surface area contributed by atoms with Crippen LogP contribution in [-0.4, -0.2) is 54.6 Å². The van der Waals surface area contributed by atoms with Crippen molar-refractivity contribution < 1.29 is 19.4 Å². The number of likely N-dealkylation sites (tertiary alicyclic amines) is 1. The molecule has 0 atom stereocenters. The van der Waals surface area contributed by atoms with Gasteiger partial charge in [-0.2, -0.15) is 0 Å². The molecule has 0 unspecified atom stereocenters. The summed E-state index contributed by atoms with van der Waals surface area (Å²) in [4.78, 5) is 12.7. The fourth-order valence-corrected chi connectivity index (χ4v) is 2.28. The van der Waals surface area contributed by atoms with Gasteiger partial charge in [0.15, 0.2) is 5.79 Å². The summed E-state index contributed by atoms with van der Waals surface area (Å²) in [7, 11) is 0. The minimum absolute atomic E-state index is 0.218. The summed E-state index contributed by atoms with van der Waals surface area (Å²) in [5.74, 6) is -1.43. The van der Waals surface area contributed by atoms with E-state index in [1.165, 1.54) is 0 Å². The Hall–Kier alpha value is -0.910. The highest BCUT2D eigenvalue weighted by Crippen LogP contribution is 2.30. The molecular weight excluding hydrogens is 210 g/mol. The lowest BCUT2D eigenvalue weighted by atomic mass is 10.0. The van der Waals surface area contributed by atoms with Crippen LogP contribution < -0.4 is 0 Å². The molecular formula is C11H17NO4. The molecule has 5 heteroatoms. The molecule has 0 aromatic heterocycles. The van der Waals surface area contributed by atoms with Crippen molar-refractivity contribution in [2.24, 2.45) is 0 Å². The standard InChI is InChI=1S/C11H17NO4/c1-9(10(13)14)7-12-4-2-3-11(8-12)15-5-6-16-11/h1-8H2,(H,13,14). The van der Waals surface area contributed by atoms with Crippen molar-refractivity contribution in [3.63, 3.8) is 0 Å². The topological polar surface area (TPSA) is 59.0 Å². The number of rotatable bonds is 3. The second-order valence-electron chi connectivity index (χ2n) is 4.33. The molecule has 0 aromatic carbocycles.